The fourth-order valence-electron chi connectivity index (χ4n) is 2.59. The first-order chi connectivity index (χ1) is 9.90. The Hall–Kier alpha value is -1.56. The third kappa shape index (κ3) is 4.20. The SMILES string of the molecule is O=C(NC1CCC(CO)CC1)c1cccc(C(F)(F)F)c1. The molecule has 0 spiro atoms. The number of halogens is 3. The van der Waals surface area contributed by atoms with E-state index in [9.17, 15) is 18.0 Å². The van der Waals surface area contributed by atoms with E-state index in [0.29, 0.717) is 0 Å². The predicted octanol–water partition coefficient (Wildman–Crippen LogP) is 2.99. The zero-order valence-corrected chi connectivity index (χ0v) is 11.5. The van der Waals surface area contributed by atoms with Crippen LogP contribution in [0.1, 0.15) is 41.6 Å². The van der Waals surface area contributed by atoms with Gasteiger partial charge in [0.15, 0.2) is 0 Å². The number of alkyl halides is 3. The molecule has 0 atom stereocenters. The maximum Gasteiger partial charge on any atom is 0.416 e. The third-order valence-corrected chi connectivity index (χ3v) is 3.89. The predicted molar refractivity (Wildman–Crippen MR) is 71.7 cm³/mol. The highest BCUT2D eigenvalue weighted by molar-refractivity contribution is 5.94. The quantitative estimate of drug-likeness (QED) is 0.901. The molecule has 3 nitrogen and oxygen atoms in total. The zero-order valence-electron chi connectivity index (χ0n) is 11.5. The summed E-state index contributed by atoms with van der Waals surface area (Å²) in [5.74, 6) is -0.208. The molecule has 1 saturated carbocycles. The van der Waals surface area contributed by atoms with Gasteiger partial charge in [-0.15, -0.1) is 0 Å². The molecule has 0 aromatic heterocycles. The number of amides is 1. The lowest BCUT2D eigenvalue weighted by Crippen LogP contribution is -2.38. The van der Waals surface area contributed by atoms with E-state index in [4.69, 9.17) is 5.11 Å². The molecule has 6 heteroatoms. The van der Waals surface area contributed by atoms with Crippen molar-refractivity contribution in [2.45, 2.75) is 37.9 Å². The van der Waals surface area contributed by atoms with Gasteiger partial charge in [-0.25, -0.2) is 0 Å². The maximum atomic E-state index is 12.6. The van der Waals surface area contributed by atoms with E-state index in [-0.39, 0.29) is 24.1 Å². The van der Waals surface area contributed by atoms with Crippen LogP contribution < -0.4 is 5.32 Å². The monoisotopic (exact) mass is 301 g/mol. The molecule has 0 saturated heterocycles. The van der Waals surface area contributed by atoms with Crippen molar-refractivity contribution < 1.29 is 23.1 Å². The molecule has 0 aliphatic heterocycles. The summed E-state index contributed by atoms with van der Waals surface area (Å²) in [6.45, 7) is 0.147. The number of carbonyl (C=O) groups is 1. The van der Waals surface area contributed by atoms with Gasteiger partial charge in [0, 0.05) is 18.2 Å². The van der Waals surface area contributed by atoms with Crippen molar-refractivity contribution in [2.24, 2.45) is 5.92 Å². The van der Waals surface area contributed by atoms with E-state index in [0.717, 1.165) is 37.8 Å². The second-order valence-corrected chi connectivity index (χ2v) is 5.45. The first-order valence-corrected chi connectivity index (χ1v) is 6.99. The van der Waals surface area contributed by atoms with E-state index in [2.05, 4.69) is 5.32 Å². The minimum Gasteiger partial charge on any atom is -0.396 e. The number of carbonyl (C=O) groups excluding carboxylic acids is 1. The molecule has 2 N–H and O–H groups in total. The number of aliphatic hydroxyl groups is 1. The largest absolute Gasteiger partial charge is 0.416 e. The van der Waals surface area contributed by atoms with Crippen molar-refractivity contribution in [3.63, 3.8) is 0 Å². The van der Waals surface area contributed by atoms with Gasteiger partial charge in [-0.3, -0.25) is 4.79 Å². The summed E-state index contributed by atoms with van der Waals surface area (Å²) in [7, 11) is 0. The Morgan fingerprint density at radius 1 is 1.24 bits per heavy atom. The third-order valence-electron chi connectivity index (χ3n) is 3.89. The van der Waals surface area contributed by atoms with Crippen LogP contribution >= 0.6 is 0 Å². The fourth-order valence-corrected chi connectivity index (χ4v) is 2.59. The van der Waals surface area contributed by atoms with Crippen LogP contribution in [0.3, 0.4) is 0 Å². The van der Waals surface area contributed by atoms with E-state index in [1.54, 1.807) is 0 Å². The molecule has 21 heavy (non-hydrogen) atoms. The van der Waals surface area contributed by atoms with Crippen LogP contribution in [-0.2, 0) is 6.18 Å². The standard InChI is InChI=1S/C15H18F3NO2/c16-15(17,18)12-3-1-2-11(8-12)14(21)19-13-6-4-10(9-20)5-7-13/h1-3,8,10,13,20H,4-7,9H2,(H,19,21). The lowest BCUT2D eigenvalue weighted by Gasteiger charge is -2.28. The van der Waals surface area contributed by atoms with Crippen molar-refractivity contribution in [2.75, 3.05) is 6.61 Å². The van der Waals surface area contributed by atoms with Gasteiger partial charge in [0.1, 0.15) is 0 Å². The van der Waals surface area contributed by atoms with E-state index < -0.39 is 17.6 Å². The Morgan fingerprint density at radius 2 is 1.90 bits per heavy atom. The van der Waals surface area contributed by atoms with Crippen molar-refractivity contribution in [1.29, 1.82) is 0 Å². The van der Waals surface area contributed by atoms with Crippen molar-refractivity contribution in [3.8, 4) is 0 Å². The number of benzene rings is 1. The molecule has 1 aliphatic rings. The Bertz CT molecular complexity index is 494. The van der Waals surface area contributed by atoms with Crippen LogP contribution in [0, 0.1) is 5.92 Å². The van der Waals surface area contributed by atoms with Crippen molar-refractivity contribution in [1.82, 2.24) is 5.32 Å². The first kappa shape index (κ1) is 15.8. The minimum atomic E-state index is -4.45. The van der Waals surface area contributed by atoms with Crippen LogP contribution in [0.25, 0.3) is 0 Å². The molecule has 2 rings (SSSR count). The maximum absolute atomic E-state index is 12.6. The molecular weight excluding hydrogens is 283 g/mol. The van der Waals surface area contributed by atoms with E-state index in [1.807, 2.05) is 0 Å². The zero-order chi connectivity index (χ0) is 15.5. The summed E-state index contributed by atoms with van der Waals surface area (Å²) in [6.07, 6.45) is -1.31. The van der Waals surface area contributed by atoms with Crippen molar-refractivity contribution >= 4 is 5.91 Å². The summed E-state index contributed by atoms with van der Waals surface area (Å²) in [4.78, 5) is 12.0. The number of rotatable bonds is 3. The van der Waals surface area contributed by atoms with Crippen LogP contribution in [0.2, 0.25) is 0 Å². The van der Waals surface area contributed by atoms with Crippen molar-refractivity contribution in [3.05, 3.63) is 35.4 Å². The molecule has 1 aromatic rings. The highest BCUT2D eigenvalue weighted by Gasteiger charge is 2.31. The normalized spacial score (nSPS) is 22.9. The molecule has 0 radical (unpaired) electrons. The Labute approximate surface area is 121 Å². The molecule has 1 fully saturated rings. The van der Waals surface area contributed by atoms with Gasteiger partial charge in [0.25, 0.3) is 5.91 Å². The van der Waals surface area contributed by atoms with E-state index >= 15 is 0 Å². The summed E-state index contributed by atoms with van der Waals surface area (Å²) in [5, 5.41) is 11.8. The number of hydrogen-bond donors (Lipinski definition) is 2. The van der Waals surface area contributed by atoms with Crippen LogP contribution in [-0.4, -0.2) is 23.7 Å². The fraction of sp³-hybridized carbons (Fsp3) is 0.533. The van der Waals surface area contributed by atoms with Gasteiger partial charge in [-0.05, 0) is 49.8 Å². The summed E-state index contributed by atoms with van der Waals surface area (Å²) in [6, 6.07) is 4.40. The molecule has 0 bridgehead atoms. The number of aliphatic hydroxyl groups excluding tert-OH is 1. The smallest absolute Gasteiger partial charge is 0.396 e. The molecule has 1 amide bonds. The Morgan fingerprint density at radius 3 is 2.48 bits per heavy atom. The number of hydrogen-bond acceptors (Lipinski definition) is 2. The lowest BCUT2D eigenvalue weighted by molar-refractivity contribution is -0.137. The molecule has 0 unspecified atom stereocenters. The summed E-state index contributed by atoms with van der Waals surface area (Å²) in [5.41, 5.74) is -0.798. The number of nitrogens with one attached hydrogen (secondary N) is 1. The van der Waals surface area contributed by atoms with Crippen LogP contribution in [0.5, 0.6) is 0 Å². The molecule has 1 aromatic carbocycles. The topological polar surface area (TPSA) is 49.3 Å². The van der Waals surface area contributed by atoms with Crippen LogP contribution in [0.15, 0.2) is 24.3 Å². The molecule has 0 heterocycles. The molecule has 116 valence electrons. The highest BCUT2D eigenvalue weighted by atomic mass is 19.4. The Kier molecular flexibility index (Phi) is 4.88. The second-order valence-electron chi connectivity index (χ2n) is 5.45. The first-order valence-electron chi connectivity index (χ1n) is 6.99. The van der Waals surface area contributed by atoms with Gasteiger partial charge in [0.2, 0.25) is 0 Å². The second kappa shape index (κ2) is 6.47. The Balaban J connectivity index is 1.98. The van der Waals surface area contributed by atoms with Gasteiger partial charge in [-0.2, -0.15) is 13.2 Å². The van der Waals surface area contributed by atoms with E-state index in [1.165, 1.54) is 12.1 Å². The average Bonchev–Trinajstić information content (AvgIpc) is 2.47. The molecular formula is C15H18F3NO2. The highest BCUT2D eigenvalue weighted by Crippen LogP contribution is 2.29. The molecule has 1 aliphatic carbocycles. The van der Waals surface area contributed by atoms with Crippen LogP contribution in [0.4, 0.5) is 13.2 Å². The lowest BCUT2D eigenvalue weighted by atomic mass is 9.86. The summed E-state index contributed by atoms with van der Waals surface area (Å²) >= 11 is 0. The minimum absolute atomic E-state index is 0.0223. The summed E-state index contributed by atoms with van der Waals surface area (Å²) < 4.78 is 37.8. The van der Waals surface area contributed by atoms with Gasteiger partial charge < -0.3 is 10.4 Å². The van der Waals surface area contributed by atoms with Gasteiger partial charge in [-0.1, -0.05) is 6.07 Å². The van der Waals surface area contributed by atoms with Gasteiger partial charge in [0.05, 0.1) is 5.56 Å². The van der Waals surface area contributed by atoms with Gasteiger partial charge >= 0.3 is 6.18 Å². The average molecular weight is 301 g/mol.